The van der Waals surface area contributed by atoms with Gasteiger partial charge in [0.2, 0.25) is 0 Å². The number of ketones is 1. The Kier molecular flexibility index (Phi) is 13.2. The molecule has 0 fully saturated rings. The number of rotatable bonds is 15. The van der Waals surface area contributed by atoms with Crippen molar-refractivity contribution in [2.75, 3.05) is 20.5 Å². The Morgan fingerprint density at radius 3 is 2.49 bits per heavy atom. The number of hydrogen-bond donors (Lipinski definition) is 0. The minimum absolute atomic E-state index is 0.00140. The summed E-state index contributed by atoms with van der Waals surface area (Å²) in [5, 5.41) is 0.115. The molecule has 0 saturated carbocycles. The Morgan fingerprint density at radius 1 is 1.16 bits per heavy atom. The zero-order chi connectivity index (χ0) is 31.6. The molecule has 0 spiro atoms. The fourth-order valence-corrected chi connectivity index (χ4v) is 6.53. The predicted octanol–water partition coefficient (Wildman–Crippen LogP) is 8.67. The monoisotopic (exact) mass is 610 g/mol. The van der Waals surface area contributed by atoms with Gasteiger partial charge < -0.3 is 23.4 Å². The normalized spacial score (nSPS) is 23.3. The Labute approximate surface area is 261 Å². The lowest BCUT2D eigenvalue weighted by Gasteiger charge is -2.37. The molecule has 3 rings (SSSR count). The minimum atomic E-state index is -1.93. The van der Waals surface area contributed by atoms with Gasteiger partial charge in [0.15, 0.2) is 20.4 Å². The number of carbonyl (C=O) groups is 1. The molecule has 1 aliphatic heterocycles. The van der Waals surface area contributed by atoms with Gasteiger partial charge in [0.05, 0.1) is 19.0 Å². The van der Waals surface area contributed by atoms with Crippen LogP contribution in [0, 0.1) is 11.8 Å². The van der Waals surface area contributed by atoms with Crippen LogP contribution in [0.25, 0.3) is 0 Å². The lowest BCUT2D eigenvalue weighted by Crippen LogP contribution is -2.41. The maximum absolute atomic E-state index is 13.8. The smallest absolute Gasteiger partial charge is 0.199 e. The number of hydrogen-bond acceptors (Lipinski definition) is 6. The molecule has 1 aromatic carbocycles. The quantitative estimate of drug-likeness (QED) is 0.0857. The summed E-state index contributed by atoms with van der Waals surface area (Å²) >= 11 is 0. The average molecular weight is 611 g/mol. The molecule has 1 aliphatic carbocycles. The molecule has 238 valence electrons. The number of methoxy groups -OCH3 is 1. The molecule has 1 heterocycles. The lowest BCUT2D eigenvalue weighted by molar-refractivity contribution is -0.124. The van der Waals surface area contributed by atoms with Crippen LogP contribution in [0.2, 0.25) is 18.1 Å². The van der Waals surface area contributed by atoms with Crippen molar-refractivity contribution in [3.8, 4) is 0 Å². The van der Waals surface area contributed by atoms with Crippen molar-refractivity contribution in [1.82, 2.24) is 0 Å². The van der Waals surface area contributed by atoms with Gasteiger partial charge in [0.1, 0.15) is 6.79 Å². The van der Waals surface area contributed by atoms with E-state index in [0.29, 0.717) is 26.1 Å². The second kappa shape index (κ2) is 16.1. The standard InChI is InChI=1S/C36H54O6Si/c1-26(2)32-17-15-27(3)35(41-25-38-7)33(32)22-31(37)21-29(19-20-42-43(8,9)36(4,5)6)30-16-18-34(40-24-30)39-23-28-13-11-10-12-14-28/h10-15,21,24,32-35H,1,16-20,22-23,25H2,2-9H3/b29-21+/t32-,33-,34?,35-/m0/s1. The van der Waals surface area contributed by atoms with Crippen LogP contribution < -0.4 is 0 Å². The van der Waals surface area contributed by atoms with Crippen molar-refractivity contribution >= 4 is 14.1 Å². The largest absolute Gasteiger partial charge is 0.472 e. The highest BCUT2D eigenvalue weighted by molar-refractivity contribution is 6.74. The lowest BCUT2D eigenvalue weighted by atomic mass is 9.72. The molecule has 0 saturated heterocycles. The van der Waals surface area contributed by atoms with Crippen LogP contribution >= 0.6 is 0 Å². The molecular weight excluding hydrogens is 556 g/mol. The van der Waals surface area contributed by atoms with Gasteiger partial charge >= 0.3 is 0 Å². The van der Waals surface area contributed by atoms with Gasteiger partial charge in [-0.3, -0.25) is 4.79 Å². The van der Waals surface area contributed by atoms with Crippen LogP contribution in [0.15, 0.2) is 77.6 Å². The Morgan fingerprint density at radius 2 is 1.88 bits per heavy atom. The summed E-state index contributed by atoms with van der Waals surface area (Å²) in [4.78, 5) is 13.8. The molecular formula is C36H54O6Si. The van der Waals surface area contributed by atoms with E-state index >= 15 is 0 Å². The van der Waals surface area contributed by atoms with Crippen molar-refractivity contribution in [1.29, 1.82) is 0 Å². The first-order valence-corrected chi connectivity index (χ1v) is 18.5. The average Bonchev–Trinajstić information content (AvgIpc) is 2.95. The molecule has 0 aromatic heterocycles. The highest BCUT2D eigenvalue weighted by Gasteiger charge is 2.38. The van der Waals surface area contributed by atoms with Crippen molar-refractivity contribution in [3.05, 3.63) is 83.2 Å². The first kappa shape index (κ1) is 35.2. The van der Waals surface area contributed by atoms with Gasteiger partial charge in [-0.25, -0.2) is 0 Å². The van der Waals surface area contributed by atoms with Gasteiger partial charge in [0.25, 0.3) is 0 Å². The third-order valence-corrected chi connectivity index (χ3v) is 13.7. The Balaban J connectivity index is 1.78. The van der Waals surface area contributed by atoms with E-state index in [-0.39, 0.29) is 41.8 Å². The van der Waals surface area contributed by atoms with Crippen molar-refractivity contribution < 1.29 is 28.2 Å². The van der Waals surface area contributed by atoms with Gasteiger partial charge in [0, 0.05) is 32.5 Å². The van der Waals surface area contributed by atoms with Crippen molar-refractivity contribution in [2.45, 2.75) is 104 Å². The molecule has 0 N–H and O–H groups in total. The molecule has 1 aromatic rings. The molecule has 43 heavy (non-hydrogen) atoms. The van der Waals surface area contributed by atoms with Crippen LogP contribution in [0.3, 0.4) is 0 Å². The number of allylic oxidation sites excluding steroid dienone is 4. The van der Waals surface area contributed by atoms with E-state index in [0.717, 1.165) is 47.1 Å². The summed E-state index contributed by atoms with van der Waals surface area (Å²) in [5.41, 5.74) is 5.35. The third-order valence-electron chi connectivity index (χ3n) is 9.16. The number of carbonyl (C=O) groups excluding carboxylic acids is 1. The summed E-state index contributed by atoms with van der Waals surface area (Å²) in [6.07, 6.45) is 8.73. The van der Waals surface area contributed by atoms with E-state index in [1.807, 2.05) is 43.3 Å². The molecule has 0 amide bonds. The number of ether oxygens (including phenoxy) is 4. The van der Waals surface area contributed by atoms with E-state index in [2.05, 4.69) is 53.4 Å². The molecule has 0 radical (unpaired) electrons. The molecule has 2 aliphatic rings. The van der Waals surface area contributed by atoms with E-state index in [1.165, 1.54) is 0 Å². The molecule has 4 atom stereocenters. The maximum atomic E-state index is 13.8. The van der Waals surface area contributed by atoms with Gasteiger partial charge in [-0.1, -0.05) is 69.3 Å². The van der Waals surface area contributed by atoms with Crippen molar-refractivity contribution in [3.63, 3.8) is 0 Å². The van der Waals surface area contributed by atoms with Crippen molar-refractivity contribution in [2.24, 2.45) is 11.8 Å². The zero-order valence-electron chi connectivity index (χ0n) is 27.7. The van der Waals surface area contributed by atoms with Gasteiger partial charge in [-0.05, 0) is 85.5 Å². The van der Waals surface area contributed by atoms with Crippen LogP contribution in [-0.2, 0) is 34.8 Å². The predicted molar refractivity (Wildman–Crippen MR) is 176 cm³/mol. The first-order chi connectivity index (χ1) is 20.3. The van der Waals surface area contributed by atoms with Gasteiger partial charge in [-0.15, -0.1) is 0 Å². The molecule has 7 heteroatoms. The van der Waals surface area contributed by atoms with Crippen LogP contribution in [-0.4, -0.2) is 47.0 Å². The van der Waals surface area contributed by atoms with E-state index in [1.54, 1.807) is 13.4 Å². The molecule has 0 bridgehead atoms. The third kappa shape index (κ3) is 10.4. The summed E-state index contributed by atoms with van der Waals surface area (Å²) in [5.74, 6) is 0.258. The highest BCUT2D eigenvalue weighted by atomic mass is 28.4. The summed E-state index contributed by atoms with van der Waals surface area (Å²) in [6, 6.07) is 10.1. The summed E-state index contributed by atoms with van der Waals surface area (Å²) in [7, 11) is -0.307. The Bertz CT molecular complexity index is 1160. The zero-order valence-corrected chi connectivity index (χ0v) is 28.7. The van der Waals surface area contributed by atoms with E-state index < -0.39 is 8.32 Å². The summed E-state index contributed by atoms with van der Waals surface area (Å²) < 4.78 is 29.9. The minimum Gasteiger partial charge on any atom is -0.472 e. The van der Waals surface area contributed by atoms with Gasteiger partial charge in [-0.2, -0.15) is 0 Å². The highest BCUT2D eigenvalue weighted by Crippen LogP contribution is 2.39. The summed E-state index contributed by atoms with van der Waals surface area (Å²) in [6.45, 7) is 20.9. The second-order valence-corrected chi connectivity index (χ2v) is 18.3. The number of benzene rings is 1. The van der Waals surface area contributed by atoms with E-state index in [9.17, 15) is 4.79 Å². The van der Waals surface area contributed by atoms with Crippen LogP contribution in [0.5, 0.6) is 0 Å². The Hall–Kier alpha value is -2.29. The fourth-order valence-electron chi connectivity index (χ4n) is 5.49. The molecule has 6 nitrogen and oxygen atoms in total. The van der Waals surface area contributed by atoms with Crippen LogP contribution in [0.1, 0.15) is 72.3 Å². The van der Waals surface area contributed by atoms with E-state index in [4.69, 9.17) is 23.4 Å². The SMILES string of the molecule is C=C(C)[C@@H]1CC=C(C)[C@H](OCOC)[C@H]1CC(=O)/C=C(\CCO[Si](C)(C)C(C)(C)C)C1=COC(OCc2ccccc2)CC1. The van der Waals surface area contributed by atoms with Crippen LogP contribution in [0.4, 0.5) is 0 Å². The topological polar surface area (TPSA) is 63.2 Å². The molecule has 1 unspecified atom stereocenters. The first-order valence-electron chi connectivity index (χ1n) is 15.6. The second-order valence-electron chi connectivity index (χ2n) is 13.5. The fraction of sp³-hybridized carbons (Fsp3) is 0.583. The maximum Gasteiger partial charge on any atom is 0.199 e.